The van der Waals surface area contributed by atoms with Crippen molar-refractivity contribution in [3.63, 3.8) is 0 Å². The van der Waals surface area contributed by atoms with Gasteiger partial charge in [-0.05, 0) is 44.4 Å². The minimum Gasteiger partial charge on any atom is -0.316 e. The molecule has 0 spiro atoms. The Kier molecular flexibility index (Phi) is 6.68. The first-order chi connectivity index (χ1) is 8.09. The van der Waals surface area contributed by atoms with Crippen LogP contribution in [0.4, 0.5) is 0 Å². The van der Waals surface area contributed by atoms with Crippen LogP contribution in [-0.2, 0) is 0 Å². The molecule has 1 aromatic rings. The van der Waals surface area contributed by atoms with Gasteiger partial charge >= 0.3 is 0 Å². The number of hydrogen-bond acceptors (Lipinski definition) is 2. The monoisotopic (exact) mass is 251 g/mol. The summed E-state index contributed by atoms with van der Waals surface area (Å²) in [6.45, 7) is 11.1. The molecule has 0 amide bonds. The zero-order valence-corrected chi connectivity index (χ0v) is 12.4. The molecule has 0 aliphatic carbocycles. The molecule has 0 saturated heterocycles. The maximum absolute atomic E-state index is 3.50. The highest BCUT2D eigenvalue weighted by Gasteiger charge is 1.99. The standard InChI is InChI=1S/C15H25NS/c1-12(2)7-8-16-9-10-17-15-6-5-13(3)11-14(15)4/h5-6,11-12,16H,7-10H2,1-4H3. The molecular weight excluding hydrogens is 226 g/mol. The van der Waals surface area contributed by atoms with Gasteiger partial charge in [-0.3, -0.25) is 0 Å². The highest BCUT2D eigenvalue weighted by atomic mass is 32.2. The number of benzene rings is 1. The summed E-state index contributed by atoms with van der Waals surface area (Å²) in [5.41, 5.74) is 2.75. The summed E-state index contributed by atoms with van der Waals surface area (Å²) in [6.07, 6.45) is 1.27. The van der Waals surface area contributed by atoms with Crippen LogP contribution >= 0.6 is 11.8 Å². The van der Waals surface area contributed by atoms with Crippen LogP contribution in [0.3, 0.4) is 0 Å². The van der Waals surface area contributed by atoms with Gasteiger partial charge in [0, 0.05) is 17.2 Å². The predicted octanol–water partition coefficient (Wildman–Crippen LogP) is 4.03. The van der Waals surface area contributed by atoms with E-state index in [2.05, 4.69) is 51.2 Å². The number of aryl methyl sites for hydroxylation is 2. The third-order valence-corrected chi connectivity index (χ3v) is 3.94. The van der Waals surface area contributed by atoms with Crippen molar-refractivity contribution in [2.75, 3.05) is 18.8 Å². The second kappa shape index (κ2) is 7.78. The lowest BCUT2D eigenvalue weighted by molar-refractivity contribution is 0.547. The van der Waals surface area contributed by atoms with E-state index in [1.54, 1.807) is 0 Å². The summed E-state index contributed by atoms with van der Waals surface area (Å²) >= 11 is 1.95. The van der Waals surface area contributed by atoms with Crippen LogP contribution in [-0.4, -0.2) is 18.8 Å². The summed E-state index contributed by atoms with van der Waals surface area (Å²) < 4.78 is 0. The van der Waals surface area contributed by atoms with Gasteiger partial charge in [-0.25, -0.2) is 0 Å². The molecule has 0 unspecified atom stereocenters. The Labute approximate surface area is 110 Å². The van der Waals surface area contributed by atoms with E-state index < -0.39 is 0 Å². The summed E-state index contributed by atoms with van der Waals surface area (Å²) in [6, 6.07) is 6.69. The van der Waals surface area contributed by atoms with Gasteiger partial charge in [0.05, 0.1) is 0 Å². The topological polar surface area (TPSA) is 12.0 Å². The average molecular weight is 251 g/mol. The van der Waals surface area contributed by atoms with E-state index in [1.807, 2.05) is 11.8 Å². The molecule has 1 N–H and O–H groups in total. The third-order valence-electron chi connectivity index (χ3n) is 2.77. The van der Waals surface area contributed by atoms with E-state index in [0.717, 1.165) is 24.8 Å². The lowest BCUT2D eigenvalue weighted by Crippen LogP contribution is -2.19. The van der Waals surface area contributed by atoms with Crippen molar-refractivity contribution in [1.82, 2.24) is 5.32 Å². The van der Waals surface area contributed by atoms with Crippen LogP contribution < -0.4 is 5.32 Å². The molecule has 0 saturated carbocycles. The van der Waals surface area contributed by atoms with Crippen LogP contribution in [0.1, 0.15) is 31.4 Å². The minimum absolute atomic E-state index is 0.800. The Bertz CT molecular complexity index is 334. The van der Waals surface area contributed by atoms with Gasteiger partial charge in [-0.15, -0.1) is 11.8 Å². The van der Waals surface area contributed by atoms with E-state index in [0.29, 0.717) is 0 Å². The molecule has 0 atom stereocenters. The van der Waals surface area contributed by atoms with E-state index in [-0.39, 0.29) is 0 Å². The second-order valence-electron chi connectivity index (χ2n) is 5.05. The number of thioether (sulfide) groups is 1. The molecule has 1 aromatic carbocycles. The Morgan fingerprint density at radius 2 is 1.94 bits per heavy atom. The van der Waals surface area contributed by atoms with Gasteiger partial charge in [-0.2, -0.15) is 0 Å². The summed E-state index contributed by atoms with van der Waals surface area (Å²) in [4.78, 5) is 1.42. The number of rotatable bonds is 7. The number of nitrogens with one attached hydrogen (secondary N) is 1. The van der Waals surface area contributed by atoms with Crippen molar-refractivity contribution in [1.29, 1.82) is 0 Å². The largest absolute Gasteiger partial charge is 0.316 e. The molecule has 0 heterocycles. The molecule has 1 rings (SSSR count). The van der Waals surface area contributed by atoms with Crippen LogP contribution in [0, 0.1) is 19.8 Å². The molecule has 0 aliphatic rings. The molecule has 0 aliphatic heterocycles. The molecule has 0 fully saturated rings. The first kappa shape index (κ1) is 14.6. The van der Waals surface area contributed by atoms with E-state index >= 15 is 0 Å². The zero-order valence-electron chi connectivity index (χ0n) is 11.5. The summed E-state index contributed by atoms with van der Waals surface area (Å²) in [5, 5.41) is 3.50. The van der Waals surface area contributed by atoms with Gasteiger partial charge in [-0.1, -0.05) is 31.5 Å². The van der Waals surface area contributed by atoms with Crippen molar-refractivity contribution in [2.24, 2.45) is 5.92 Å². The highest BCUT2D eigenvalue weighted by Crippen LogP contribution is 2.22. The van der Waals surface area contributed by atoms with Gasteiger partial charge in [0.15, 0.2) is 0 Å². The first-order valence-electron chi connectivity index (χ1n) is 6.50. The lowest BCUT2D eigenvalue weighted by Gasteiger charge is -2.08. The Morgan fingerprint density at radius 3 is 2.59 bits per heavy atom. The van der Waals surface area contributed by atoms with Crippen LogP contribution in [0.2, 0.25) is 0 Å². The zero-order chi connectivity index (χ0) is 12.7. The Hall–Kier alpha value is -0.470. The summed E-state index contributed by atoms with van der Waals surface area (Å²) in [5.74, 6) is 1.96. The maximum Gasteiger partial charge on any atom is 0.0106 e. The van der Waals surface area contributed by atoms with Crippen molar-refractivity contribution in [3.8, 4) is 0 Å². The fourth-order valence-corrected chi connectivity index (χ4v) is 2.63. The van der Waals surface area contributed by atoms with Gasteiger partial charge in [0.25, 0.3) is 0 Å². The van der Waals surface area contributed by atoms with Crippen molar-refractivity contribution in [3.05, 3.63) is 29.3 Å². The predicted molar refractivity (Wildman–Crippen MR) is 79.0 cm³/mol. The van der Waals surface area contributed by atoms with Crippen LogP contribution in [0.5, 0.6) is 0 Å². The average Bonchev–Trinajstić information content (AvgIpc) is 2.25. The number of hydrogen-bond donors (Lipinski definition) is 1. The molecular formula is C15H25NS. The Morgan fingerprint density at radius 1 is 1.18 bits per heavy atom. The molecule has 0 aromatic heterocycles. The molecule has 0 radical (unpaired) electrons. The fraction of sp³-hybridized carbons (Fsp3) is 0.600. The first-order valence-corrected chi connectivity index (χ1v) is 7.49. The molecule has 17 heavy (non-hydrogen) atoms. The summed E-state index contributed by atoms with van der Waals surface area (Å²) in [7, 11) is 0. The van der Waals surface area contributed by atoms with Crippen LogP contribution in [0.15, 0.2) is 23.1 Å². The molecule has 2 heteroatoms. The van der Waals surface area contributed by atoms with Gasteiger partial charge < -0.3 is 5.32 Å². The van der Waals surface area contributed by atoms with Crippen LogP contribution in [0.25, 0.3) is 0 Å². The third kappa shape index (κ3) is 6.13. The molecule has 0 bridgehead atoms. The van der Waals surface area contributed by atoms with Crippen molar-refractivity contribution < 1.29 is 0 Å². The van der Waals surface area contributed by atoms with E-state index in [9.17, 15) is 0 Å². The minimum atomic E-state index is 0.800. The van der Waals surface area contributed by atoms with Gasteiger partial charge in [0.1, 0.15) is 0 Å². The molecule has 96 valence electrons. The van der Waals surface area contributed by atoms with Gasteiger partial charge in [0.2, 0.25) is 0 Å². The SMILES string of the molecule is Cc1ccc(SCCNCCC(C)C)c(C)c1. The highest BCUT2D eigenvalue weighted by molar-refractivity contribution is 7.99. The normalized spacial score (nSPS) is 11.1. The fourth-order valence-electron chi connectivity index (χ4n) is 1.71. The van der Waals surface area contributed by atoms with Crippen molar-refractivity contribution >= 4 is 11.8 Å². The second-order valence-corrected chi connectivity index (χ2v) is 6.19. The maximum atomic E-state index is 3.50. The smallest absolute Gasteiger partial charge is 0.0106 e. The van der Waals surface area contributed by atoms with E-state index in [1.165, 1.54) is 22.4 Å². The Balaban J connectivity index is 2.18. The quantitative estimate of drug-likeness (QED) is 0.580. The molecule has 1 nitrogen and oxygen atoms in total. The van der Waals surface area contributed by atoms with E-state index in [4.69, 9.17) is 0 Å². The lowest BCUT2D eigenvalue weighted by atomic mass is 10.1. The van der Waals surface area contributed by atoms with Crippen molar-refractivity contribution in [2.45, 2.75) is 39.0 Å².